The van der Waals surface area contributed by atoms with Gasteiger partial charge < -0.3 is 4.74 Å². The van der Waals surface area contributed by atoms with Gasteiger partial charge in [-0.3, -0.25) is 0 Å². The highest BCUT2D eigenvalue weighted by Gasteiger charge is 2.35. The third-order valence-electron chi connectivity index (χ3n) is 3.02. The third kappa shape index (κ3) is 3.37. The summed E-state index contributed by atoms with van der Waals surface area (Å²) >= 11 is 3.15. The van der Waals surface area contributed by atoms with Crippen LogP contribution >= 0.6 is 15.9 Å². The zero-order valence-electron chi connectivity index (χ0n) is 10.9. The molecule has 2 rings (SSSR count). The fourth-order valence-corrected chi connectivity index (χ4v) is 2.75. The minimum Gasteiger partial charge on any atom is -0.497 e. The first-order valence-corrected chi connectivity index (χ1v) is 6.89. The van der Waals surface area contributed by atoms with Crippen LogP contribution in [0.1, 0.15) is 21.5 Å². The maximum atomic E-state index is 14.0. The van der Waals surface area contributed by atoms with Gasteiger partial charge in [0.1, 0.15) is 11.6 Å². The van der Waals surface area contributed by atoms with E-state index < -0.39 is 22.4 Å². The molecule has 0 fully saturated rings. The van der Waals surface area contributed by atoms with E-state index in [0.29, 0.717) is 5.75 Å². The molecule has 0 radical (unpaired) electrons. The van der Waals surface area contributed by atoms with Crippen LogP contribution in [-0.4, -0.2) is 7.11 Å². The van der Waals surface area contributed by atoms with E-state index in [0.717, 1.165) is 12.1 Å². The number of benzene rings is 2. The number of hydrogen-bond acceptors (Lipinski definition) is 1. The number of hydrogen-bond donors (Lipinski definition) is 0. The molecule has 0 saturated heterocycles. The van der Waals surface area contributed by atoms with Gasteiger partial charge in [-0.25, -0.2) is 4.39 Å². The number of ether oxygens (including phenoxy) is 1. The van der Waals surface area contributed by atoms with Crippen molar-refractivity contribution in [2.75, 3.05) is 7.11 Å². The van der Waals surface area contributed by atoms with E-state index in [4.69, 9.17) is 4.74 Å². The molecule has 1 unspecified atom stereocenters. The summed E-state index contributed by atoms with van der Waals surface area (Å²) in [4.78, 5) is -0.902. The van der Waals surface area contributed by atoms with Crippen LogP contribution in [-0.2, 0) is 6.18 Å². The van der Waals surface area contributed by atoms with Crippen LogP contribution in [0.4, 0.5) is 17.6 Å². The molecule has 0 saturated carbocycles. The topological polar surface area (TPSA) is 9.23 Å². The van der Waals surface area contributed by atoms with E-state index in [1.807, 2.05) is 0 Å². The molecule has 2 aromatic carbocycles. The second kappa shape index (κ2) is 6.05. The van der Waals surface area contributed by atoms with Gasteiger partial charge in [0, 0.05) is 11.6 Å². The van der Waals surface area contributed by atoms with Crippen LogP contribution in [0.5, 0.6) is 5.75 Å². The second-order valence-corrected chi connectivity index (χ2v) is 5.25. The molecule has 0 N–H and O–H groups in total. The summed E-state index contributed by atoms with van der Waals surface area (Å²) in [5.41, 5.74) is -0.705. The predicted octanol–water partition coefficient (Wildman–Crippen LogP) is 5.34. The van der Waals surface area contributed by atoms with Gasteiger partial charge in [0.15, 0.2) is 0 Å². The normalized spacial score (nSPS) is 13.0. The molecule has 21 heavy (non-hydrogen) atoms. The molecule has 0 spiro atoms. The Morgan fingerprint density at radius 3 is 2.29 bits per heavy atom. The van der Waals surface area contributed by atoms with Gasteiger partial charge in [0.25, 0.3) is 0 Å². The van der Waals surface area contributed by atoms with E-state index in [1.54, 1.807) is 0 Å². The summed E-state index contributed by atoms with van der Waals surface area (Å²) in [5, 5.41) is 0. The minimum atomic E-state index is -4.49. The fourth-order valence-electron chi connectivity index (χ4n) is 1.98. The lowest BCUT2D eigenvalue weighted by atomic mass is 9.99. The van der Waals surface area contributed by atoms with Crippen molar-refractivity contribution in [1.82, 2.24) is 0 Å². The van der Waals surface area contributed by atoms with Crippen molar-refractivity contribution in [3.05, 3.63) is 65.0 Å². The lowest BCUT2D eigenvalue weighted by Gasteiger charge is -2.18. The van der Waals surface area contributed by atoms with Gasteiger partial charge in [-0.15, -0.1) is 0 Å². The number of rotatable bonds is 3. The van der Waals surface area contributed by atoms with Crippen molar-refractivity contribution in [2.45, 2.75) is 11.0 Å². The van der Waals surface area contributed by atoms with Crippen molar-refractivity contribution in [2.24, 2.45) is 0 Å². The molecule has 0 bridgehead atoms. The SMILES string of the molecule is COc1ccc(C(Br)c2ccccc2C(F)(F)F)c(F)c1. The lowest BCUT2D eigenvalue weighted by molar-refractivity contribution is -0.138. The maximum absolute atomic E-state index is 14.0. The fraction of sp³-hybridized carbons (Fsp3) is 0.200. The highest BCUT2D eigenvalue weighted by Crippen LogP contribution is 2.41. The number of alkyl halides is 4. The second-order valence-electron chi connectivity index (χ2n) is 4.34. The first-order valence-electron chi connectivity index (χ1n) is 5.98. The Bertz CT molecular complexity index is 640. The Labute approximate surface area is 127 Å². The minimum absolute atomic E-state index is 0.0333. The molecular formula is C15H11BrF4O. The molecule has 1 nitrogen and oxygen atoms in total. The maximum Gasteiger partial charge on any atom is 0.416 e. The van der Waals surface area contributed by atoms with Gasteiger partial charge in [-0.2, -0.15) is 13.2 Å². The Morgan fingerprint density at radius 1 is 1.05 bits per heavy atom. The van der Waals surface area contributed by atoms with Crippen LogP contribution in [0.3, 0.4) is 0 Å². The van der Waals surface area contributed by atoms with Gasteiger partial charge in [0.2, 0.25) is 0 Å². The standard InChI is InChI=1S/C15H11BrF4O/c1-21-9-6-7-11(13(17)8-9)14(16)10-4-2-3-5-12(10)15(18,19)20/h2-8,14H,1H3. The average Bonchev–Trinajstić information content (AvgIpc) is 2.45. The van der Waals surface area contributed by atoms with E-state index >= 15 is 0 Å². The van der Waals surface area contributed by atoms with Crippen LogP contribution in [0.25, 0.3) is 0 Å². The Kier molecular flexibility index (Phi) is 4.56. The first-order chi connectivity index (χ1) is 9.84. The van der Waals surface area contributed by atoms with Gasteiger partial charge in [-0.05, 0) is 17.7 Å². The zero-order chi connectivity index (χ0) is 15.6. The monoisotopic (exact) mass is 362 g/mol. The highest BCUT2D eigenvalue weighted by molar-refractivity contribution is 9.09. The molecule has 0 aliphatic carbocycles. The van der Waals surface area contributed by atoms with Gasteiger partial charge in [-0.1, -0.05) is 40.2 Å². The van der Waals surface area contributed by atoms with Gasteiger partial charge >= 0.3 is 6.18 Å². The van der Waals surface area contributed by atoms with Crippen molar-refractivity contribution in [3.8, 4) is 5.75 Å². The zero-order valence-corrected chi connectivity index (χ0v) is 12.5. The largest absolute Gasteiger partial charge is 0.497 e. The average molecular weight is 363 g/mol. The molecule has 2 aromatic rings. The molecule has 0 aliphatic rings. The smallest absolute Gasteiger partial charge is 0.416 e. The quantitative estimate of drug-likeness (QED) is 0.529. The van der Waals surface area contributed by atoms with Crippen molar-refractivity contribution < 1.29 is 22.3 Å². The van der Waals surface area contributed by atoms with Crippen LogP contribution < -0.4 is 4.74 Å². The number of methoxy groups -OCH3 is 1. The summed E-state index contributed by atoms with van der Waals surface area (Å²) in [5.74, 6) is -0.326. The summed E-state index contributed by atoms with van der Waals surface area (Å²) in [6, 6.07) is 9.14. The Balaban J connectivity index is 2.48. The van der Waals surface area contributed by atoms with Crippen molar-refractivity contribution in [3.63, 3.8) is 0 Å². The predicted molar refractivity (Wildman–Crippen MR) is 75.2 cm³/mol. The van der Waals surface area contributed by atoms with Crippen LogP contribution in [0.15, 0.2) is 42.5 Å². The van der Waals surface area contributed by atoms with E-state index in [1.165, 1.54) is 37.4 Å². The van der Waals surface area contributed by atoms with Gasteiger partial charge in [0.05, 0.1) is 17.5 Å². The molecule has 0 heterocycles. The van der Waals surface area contributed by atoms with Crippen LogP contribution in [0, 0.1) is 5.82 Å². The first kappa shape index (κ1) is 15.8. The highest BCUT2D eigenvalue weighted by atomic mass is 79.9. The molecular weight excluding hydrogens is 352 g/mol. The third-order valence-corrected chi connectivity index (χ3v) is 4.01. The summed E-state index contributed by atoms with van der Waals surface area (Å²) in [6.45, 7) is 0. The molecule has 1 atom stereocenters. The molecule has 0 aromatic heterocycles. The summed E-state index contributed by atoms with van der Waals surface area (Å²) in [7, 11) is 1.39. The molecule has 112 valence electrons. The van der Waals surface area contributed by atoms with Crippen molar-refractivity contribution in [1.29, 1.82) is 0 Å². The molecule has 6 heteroatoms. The lowest BCUT2D eigenvalue weighted by Crippen LogP contribution is -2.11. The Morgan fingerprint density at radius 2 is 1.71 bits per heavy atom. The molecule has 0 amide bonds. The van der Waals surface area contributed by atoms with Crippen molar-refractivity contribution >= 4 is 15.9 Å². The molecule has 0 aliphatic heterocycles. The number of halogens is 5. The Hall–Kier alpha value is -1.56. The van der Waals surface area contributed by atoms with Crippen LogP contribution in [0.2, 0.25) is 0 Å². The summed E-state index contributed by atoms with van der Waals surface area (Å²) < 4.78 is 57.9. The summed E-state index contributed by atoms with van der Waals surface area (Å²) in [6.07, 6.45) is -4.49. The van der Waals surface area contributed by atoms with E-state index in [-0.39, 0.29) is 11.1 Å². The van der Waals surface area contributed by atoms with E-state index in [2.05, 4.69) is 15.9 Å². The van der Waals surface area contributed by atoms with E-state index in [9.17, 15) is 17.6 Å².